The van der Waals surface area contributed by atoms with E-state index in [1.54, 1.807) is 7.11 Å². The van der Waals surface area contributed by atoms with Gasteiger partial charge in [0.2, 0.25) is 5.91 Å². The van der Waals surface area contributed by atoms with E-state index in [9.17, 15) is 4.79 Å². The Morgan fingerprint density at radius 1 is 1.15 bits per heavy atom. The molecule has 2 aromatic rings. The molecule has 3 rings (SSSR count). The average molecular weight is 355 g/mol. The van der Waals surface area contributed by atoms with Crippen LogP contribution in [-0.2, 0) is 16.0 Å². The van der Waals surface area contributed by atoms with E-state index in [1.165, 1.54) is 0 Å². The fourth-order valence-electron chi connectivity index (χ4n) is 3.43. The molecule has 1 aliphatic rings. The monoisotopic (exact) mass is 355 g/mol. The van der Waals surface area contributed by atoms with Gasteiger partial charge in [-0.1, -0.05) is 12.1 Å². The van der Waals surface area contributed by atoms with Crippen LogP contribution in [0, 0.1) is 5.92 Å². The number of amides is 1. The molecule has 0 radical (unpaired) electrons. The van der Waals surface area contributed by atoms with Crippen LogP contribution in [-0.4, -0.2) is 55.3 Å². The van der Waals surface area contributed by atoms with Crippen LogP contribution in [0.1, 0.15) is 18.4 Å². The van der Waals surface area contributed by atoms with Gasteiger partial charge in [-0.15, -0.1) is 0 Å². The predicted molar refractivity (Wildman–Crippen MR) is 104 cm³/mol. The van der Waals surface area contributed by atoms with Gasteiger partial charge in [-0.2, -0.15) is 0 Å². The zero-order valence-electron chi connectivity index (χ0n) is 15.6. The minimum Gasteiger partial charge on any atom is -0.383 e. The lowest BCUT2D eigenvalue weighted by Crippen LogP contribution is -2.40. The third-order valence-corrected chi connectivity index (χ3v) is 5.11. The molecule has 1 saturated heterocycles. The maximum atomic E-state index is 12.2. The molecule has 1 aromatic carbocycles. The van der Waals surface area contributed by atoms with E-state index < -0.39 is 0 Å². The van der Waals surface area contributed by atoms with E-state index in [0.717, 1.165) is 56.9 Å². The van der Waals surface area contributed by atoms with Crippen molar-refractivity contribution in [2.45, 2.75) is 19.3 Å². The number of hydrogen-bond donors (Lipinski definition) is 1. The summed E-state index contributed by atoms with van der Waals surface area (Å²) in [4.78, 5) is 14.7. The van der Waals surface area contributed by atoms with Crippen molar-refractivity contribution in [3.63, 3.8) is 0 Å². The zero-order chi connectivity index (χ0) is 18.2. The number of nitrogens with zero attached hydrogens (tertiary/aromatic N) is 2. The molecule has 0 spiro atoms. The molecule has 1 fully saturated rings. The fourth-order valence-corrected chi connectivity index (χ4v) is 3.43. The summed E-state index contributed by atoms with van der Waals surface area (Å²) in [5, 5.41) is 3.11. The maximum absolute atomic E-state index is 12.2. The zero-order valence-corrected chi connectivity index (χ0v) is 15.6. The Bertz CT molecular complexity index is 659. The number of piperidine rings is 1. The molecule has 0 aliphatic carbocycles. The van der Waals surface area contributed by atoms with Gasteiger partial charge in [0.05, 0.1) is 13.0 Å². The highest BCUT2D eigenvalue weighted by Gasteiger charge is 2.19. The largest absolute Gasteiger partial charge is 0.383 e. The van der Waals surface area contributed by atoms with Crippen LogP contribution in [0.2, 0.25) is 0 Å². The second-order valence-electron chi connectivity index (χ2n) is 7.02. The lowest BCUT2D eigenvalue weighted by Gasteiger charge is -2.31. The first-order valence-electron chi connectivity index (χ1n) is 9.45. The van der Waals surface area contributed by atoms with Crippen LogP contribution < -0.4 is 5.32 Å². The molecule has 5 nitrogen and oxygen atoms in total. The Labute approximate surface area is 156 Å². The van der Waals surface area contributed by atoms with Gasteiger partial charge < -0.3 is 19.5 Å². The van der Waals surface area contributed by atoms with Crippen molar-refractivity contribution in [3.05, 3.63) is 54.4 Å². The van der Waals surface area contributed by atoms with Crippen molar-refractivity contribution in [2.75, 3.05) is 39.9 Å². The second-order valence-corrected chi connectivity index (χ2v) is 7.02. The minimum absolute atomic E-state index is 0.112. The van der Waals surface area contributed by atoms with Gasteiger partial charge in [-0.3, -0.25) is 4.79 Å². The SMILES string of the molecule is COCCN1CCC(CNC(=O)Cc2ccc(-n3cccc3)cc2)CC1. The van der Waals surface area contributed by atoms with E-state index >= 15 is 0 Å². The number of benzene rings is 1. The van der Waals surface area contributed by atoms with E-state index in [2.05, 4.69) is 26.9 Å². The summed E-state index contributed by atoms with van der Waals surface area (Å²) in [7, 11) is 1.75. The summed E-state index contributed by atoms with van der Waals surface area (Å²) in [5.74, 6) is 0.703. The first kappa shape index (κ1) is 18.7. The van der Waals surface area contributed by atoms with Gasteiger partial charge in [0.1, 0.15) is 0 Å². The summed E-state index contributed by atoms with van der Waals surface area (Å²) in [6, 6.07) is 12.2. The van der Waals surface area contributed by atoms with Crippen LogP contribution in [0.3, 0.4) is 0 Å². The highest BCUT2D eigenvalue weighted by molar-refractivity contribution is 5.78. The molecule has 1 aromatic heterocycles. The Balaban J connectivity index is 1.38. The molecule has 0 saturated carbocycles. The van der Waals surface area contributed by atoms with Gasteiger partial charge in [0, 0.05) is 38.3 Å². The summed E-state index contributed by atoms with van der Waals surface area (Å²) < 4.78 is 7.19. The molecule has 0 unspecified atom stereocenters. The highest BCUT2D eigenvalue weighted by atomic mass is 16.5. The van der Waals surface area contributed by atoms with Gasteiger partial charge >= 0.3 is 0 Å². The molecule has 140 valence electrons. The number of carbonyl (C=O) groups is 1. The smallest absolute Gasteiger partial charge is 0.224 e. The van der Waals surface area contributed by atoms with Crippen molar-refractivity contribution in [2.24, 2.45) is 5.92 Å². The molecule has 1 aliphatic heterocycles. The number of likely N-dealkylation sites (tertiary alicyclic amines) is 1. The van der Waals surface area contributed by atoms with E-state index in [4.69, 9.17) is 4.74 Å². The highest BCUT2D eigenvalue weighted by Crippen LogP contribution is 2.16. The van der Waals surface area contributed by atoms with Gasteiger partial charge in [-0.05, 0) is 61.7 Å². The van der Waals surface area contributed by atoms with Crippen LogP contribution in [0.5, 0.6) is 0 Å². The fraction of sp³-hybridized carbons (Fsp3) is 0.476. The predicted octanol–water partition coefficient (Wildman–Crippen LogP) is 2.49. The quantitative estimate of drug-likeness (QED) is 0.791. The van der Waals surface area contributed by atoms with E-state index in [-0.39, 0.29) is 5.91 Å². The summed E-state index contributed by atoms with van der Waals surface area (Å²) >= 11 is 0. The molecule has 0 bridgehead atoms. The first-order chi connectivity index (χ1) is 12.7. The van der Waals surface area contributed by atoms with Crippen molar-refractivity contribution in [1.82, 2.24) is 14.8 Å². The van der Waals surface area contributed by atoms with E-state index in [0.29, 0.717) is 12.3 Å². The summed E-state index contributed by atoms with van der Waals surface area (Å²) in [6.07, 6.45) is 6.77. The molecular weight excluding hydrogens is 326 g/mol. The Hall–Kier alpha value is -2.11. The van der Waals surface area contributed by atoms with Gasteiger partial charge in [-0.25, -0.2) is 0 Å². The topological polar surface area (TPSA) is 46.5 Å². The molecule has 2 heterocycles. The van der Waals surface area contributed by atoms with Gasteiger partial charge in [0.15, 0.2) is 0 Å². The van der Waals surface area contributed by atoms with Crippen molar-refractivity contribution in [1.29, 1.82) is 0 Å². The third kappa shape index (κ3) is 5.44. The number of carbonyl (C=O) groups excluding carboxylic acids is 1. The Kier molecular flexibility index (Phi) is 6.86. The lowest BCUT2D eigenvalue weighted by molar-refractivity contribution is -0.120. The summed E-state index contributed by atoms with van der Waals surface area (Å²) in [5.41, 5.74) is 2.16. The van der Waals surface area contributed by atoms with Crippen LogP contribution in [0.15, 0.2) is 48.8 Å². The third-order valence-electron chi connectivity index (χ3n) is 5.11. The lowest BCUT2D eigenvalue weighted by atomic mass is 9.96. The molecule has 0 atom stereocenters. The molecule has 26 heavy (non-hydrogen) atoms. The minimum atomic E-state index is 0.112. The number of ether oxygens (including phenoxy) is 1. The molecule has 1 N–H and O–H groups in total. The first-order valence-corrected chi connectivity index (χ1v) is 9.45. The standard InChI is InChI=1S/C21H29N3O2/c1-26-15-14-23-12-8-19(9-13-23)17-22-21(25)16-18-4-6-20(7-5-18)24-10-2-3-11-24/h2-7,10-11,19H,8-9,12-17H2,1H3,(H,22,25). The Morgan fingerprint density at radius 2 is 1.85 bits per heavy atom. The number of rotatable bonds is 8. The number of nitrogens with one attached hydrogen (secondary N) is 1. The van der Waals surface area contributed by atoms with Crippen LogP contribution in [0.25, 0.3) is 5.69 Å². The van der Waals surface area contributed by atoms with E-state index in [1.807, 2.05) is 36.7 Å². The number of hydrogen-bond acceptors (Lipinski definition) is 3. The van der Waals surface area contributed by atoms with Crippen LogP contribution >= 0.6 is 0 Å². The molecule has 1 amide bonds. The molecular formula is C21H29N3O2. The second kappa shape index (κ2) is 9.55. The molecule has 5 heteroatoms. The van der Waals surface area contributed by atoms with Crippen molar-refractivity contribution < 1.29 is 9.53 Å². The van der Waals surface area contributed by atoms with Crippen molar-refractivity contribution in [3.8, 4) is 5.69 Å². The Morgan fingerprint density at radius 3 is 2.50 bits per heavy atom. The number of aromatic nitrogens is 1. The van der Waals surface area contributed by atoms with Crippen LogP contribution in [0.4, 0.5) is 0 Å². The average Bonchev–Trinajstić information content (AvgIpc) is 3.21. The van der Waals surface area contributed by atoms with Crippen molar-refractivity contribution >= 4 is 5.91 Å². The normalized spacial score (nSPS) is 15.9. The van der Waals surface area contributed by atoms with Gasteiger partial charge in [0.25, 0.3) is 0 Å². The number of methoxy groups -OCH3 is 1. The maximum Gasteiger partial charge on any atom is 0.224 e. The summed E-state index contributed by atoms with van der Waals surface area (Å²) in [6.45, 7) is 4.80.